The first-order valence-corrected chi connectivity index (χ1v) is 7.72. The number of anilines is 1. The van der Waals surface area contributed by atoms with E-state index in [0.29, 0.717) is 13.0 Å². The lowest BCUT2D eigenvalue weighted by molar-refractivity contribution is -0.136. The number of benzene rings is 1. The highest BCUT2D eigenvalue weighted by atomic mass is 32.2. The van der Waals surface area contributed by atoms with Gasteiger partial charge in [0.2, 0.25) is 10.0 Å². The fraction of sp³-hybridized carbons (Fsp3) is 0.500. The van der Waals surface area contributed by atoms with Crippen molar-refractivity contribution in [1.82, 2.24) is 4.31 Å². The molecule has 5 nitrogen and oxygen atoms in total. The van der Waals surface area contributed by atoms with Crippen LogP contribution in [0.4, 0.5) is 18.9 Å². The minimum Gasteiger partial charge on any atom is -0.395 e. The van der Waals surface area contributed by atoms with E-state index in [2.05, 4.69) is 5.32 Å². The number of nitrogens with zero attached hydrogens (tertiary/aromatic N) is 1. The summed E-state index contributed by atoms with van der Waals surface area (Å²) in [6.45, 7) is -2.23. The number of aliphatic hydroxyl groups excluding tert-OH is 1. The minimum atomic E-state index is -4.67. The first-order valence-electron chi connectivity index (χ1n) is 6.28. The van der Waals surface area contributed by atoms with Gasteiger partial charge in [-0.2, -0.15) is 17.5 Å². The Hall–Kier alpha value is -1.32. The average Bonchev–Trinajstić information content (AvgIpc) is 2.83. The van der Waals surface area contributed by atoms with Gasteiger partial charge in [-0.05, 0) is 30.2 Å². The molecule has 118 valence electrons. The lowest BCUT2D eigenvalue weighted by Crippen LogP contribution is -2.40. The summed E-state index contributed by atoms with van der Waals surface area (Å²) < 4.78 is 62.3. The van der Waals surface area contributed by atoms with Crippen molar-refractivity contribution in [3.63, 3.8) is 0 Å². The van der Waals surface area contributed by atoms with Gasteiger partial charge < -0.3 is 10.4 Å². The SMILES string of the molecule is O=S(=O)(c1ccc2c(c1)CCN2)N(CCO)CC(F)(F)F. The van der Waals surface area contributed by atoms with Crippen LogP contribution in [0.15, 0.2) is 23.1 Å². The molecule has 1 aromatic rings. The molecule has 2 rings (SSSR count). The van der Waals surface area contributed by atoms with E-state index in [4.69, 9.17) is 5.11 Å². The van der Waals surface area contributed by atoms with Crippen LogP contribution in [0.5, 0.6) is 0 Å². The molecule has 0 saturated heterocycles. The van der Waals surface area contributed by atoms with Gasteiger partial charge in [0, 0.05) is 18.8 Å². The van der Waals surface area contributed by atoms with Crippen LogP contribution in [0.1, 0.15) is 5.56 Å². The Balaban J connectivity index is 2.33. The molecule has 0 bridgehead atoms. The molecule has 0 fully saturated rings. The molecule has 1 aliphatic heterocycles. The second-order valence-electron chi connectivity index (χ2n) is 4.67. The number of nitrogens with one attached hydrogen (secondary N) is 1. The second kappa shape index (κ2) is 5.82. The Morgan fingerprint density at radius 2 is 2.05 bits per heavy atom. The average molecular weight is 324 g/mol. The number of alkyl halides is 3. The first-order chi connectivity index (χ1) is 9.74. The van der Waals surface area contributed by atoms with E-state index < -0.39 is 35.9 Å². The van der Waals surface area contributed by atoms with Gasteiger partial charge in [0.25, 0.3) is 0 Å². The lowest BCUT2D eigenvalue weighted by atomic mass is 10.2. The molecule has 0 amide bonds. The van der Waals surface area contributed by atoms with E-state index in [9.17, 15) is 21.6 Å². The van der Waals surface area contributed by atoms with Crippen molar-refractivity contribution in [2.45, 2.75) is 17.5 Å². The molecule has 21 heavy (non-hydrogen) atoms. The molecular weight excluding hydrogens is 309 g/mol. The fourth-order valence-corrected chi connectivity index (χ4v) is 3.65. The Morgan fingerprint density at radius 1 is 1.33 bits per heavy atom. The monoisotopic (exact) mass is 324 g/mol. The standard InChI is InChI=1S/C12H15F3N2O3S/c13-12(14,15)8-17(5-6-18)21(19,20)10-1-2-11-9(7-10)3-4-16-11/h1-2,7,16,18H,3-6,8H2. The molecule has 1 heterocycles. The summed E-state index contributed by atoms with van der Waals surface area (Å²) in [7, 11) is -4.29. The summed E-state index contributed by atoms with van der Waals surface area (Å²) >= 11 is 0. The molecular formula is C12H15F3N2O3S. The Labute approximate surface area is 120 Å². The minimum absolute atomic E-state index is 0.192. The van der Waals surface area contributed by atoms with Crippen LogP contribution in [-0.2, 0) is 16.4 Å². The van der Waals surface area contributed by atoms with E-state index in [-0.39, 0.29) is 9.20 Å². The van der Waals surface area contributed by atoms with Crippen molar-refractivity contribution in [1.29, 1.82) is 0 Å². The van der Waals surface area contributed by atoms with Crippen LogP contribution in [0.3, 0.4) is 0 Å². The molecule has 0 spiro atoms. The van der Waals surface area contributed by atoms with E-state index >= 15 is 0 Å². The third-order valence-electron chi connectivity index (χ3n) is 3.13. The van der Waals surface area contributed by atoms with Crippen molar-refractivity contribution >= 4 is 15.7 Å². The highest BCUT2D eigenvalue weighted by molar-refractivity contribution is 7.89. The number of halogens is 3. The third kappa shape index (κ3) is 3.66. The van der Waals surface area contributed by atoms with Gasteiger partial charge in [-0.15, -0.1) is 0 Å². The molecule has 0 aromatic heterocycles. The largest absolute Gasteiger partial charge is 0.402 e. The molecule has 0 unspecified atom stereocenters. The summed E-state index contributed by atoms with van der Waals surface area (Å²) in [6, 6.07) is 4.19. The first kappa shape index (κ1) is 16.1. The van der Waals surface area contributed by atoms with Crippen LogP contribution in [-0.4, -0.2) is 50.2 Å². The van der Waals surface area contributed by atoms with E-state index in [0.717, 1.165) is 11.3 Å². The smallest absolute Gasteiger partial charge is 0.395 e. The third-order valence-corrected chi connectivity index (χ3v) is 4.97. The van der Waals surface area contributed by atoms with Crippen molar-refractivity contribution in [2.75, 3.05) is 31.6 Å². The molecule has 0 radical (unpaired) electrons. The van der Waals surface area contributed by atoms with Gasteiger partial charge in [0.1, 0.15) is 6.54 Å². The predicted octanol–water partition coefficient (Wildman–Crippen LogP) is 1.20. The van der Waals surface area contributed by atoms with Crippen molar-refractivity contribution in [3.8, 4) is 0 Å². The molecule has 0 atom stereocenters. The molecule has 0 saturated carbocycles. The molecule has 1 aliphatic rings. The highest BCUT2D eigenvalue weighted by Crippen LogP contribution is 2.28. The molecule has 0 aliphatic carbocycles. The Morgan fingerprint density at radius 3 is 2.67 bits per heavy atom. The number of hydrogen-bond acceptors (Lipinski definition) is 4. The highest BCUT2D eigenvalue weighted by Gasteiger charge is 2.37. The number of sulfonamides is 1. The summed E-state index contributed by atoms with van der Waals surface area (Å²) in [4.78, 5) is -0.192. The lowest BCUT2D eigenvalue weighted by Gasteiger charge is -2.22. The van der Waals surface area contributed by atoms with E-state index in [1.807, 2.05) is 0 Å². The van der Waals surface area contributed by atoms with Crippen LogP contribution in [0.25, 0.3) is 0 Å². The quantitative estimate of drug-likeness (QED) is 0.854. The predicted molar refractivity (Wildman–Crippen MR) is 70.5 cm³/mol. The van der Waals surface area contributed by atoms with Crippen molar-refractivity contribution in [3.05, 3.63) is 23.8 Å². The summed E-state index contributed by atoms with van der Waals surface area (Å²) in [5, 5.41) is 11.9. The van der Waals surface area contributed by atoms with Gasteiger partial charge in [0.15, 0.2) is 0 Å². The van der Waals surface area contributed by atoms with Gasteiger partial charge in [-0.3, -0.25) is 0 Å². The Bertz CT molecular complexity index is 617. The van der Waals surface area contributed by atoms with Crippen LogP contribution >= 0.6 is 0 Å². The maximum absolute atomic E-state index is 12.5. The zero-order valence-corrected chi connectivity index (χ0v) is 11.8. The van der Waals surface area contributed by atoms with Crippen molar-refractivity contribution in [2.24, 2.45) is 0 Å². The van der Waals surface area contributed by atoms with Crippen LogP contribution in [0.2, 0.25) is 0 Å². The second-order valence-corrected chi connectivity index (χ2v) is 6.61. The van der Waals surface area contributed by atoms with Gasteiger partial charge in [-0.1, -0.05) is 0 Å². The fourth-order valence-electron chi connectivity index (χ4n) is 2.19. The maximum Gasteiger partial charge on any atom is 0.402 e. The number of rotatable bonds is 5. The van der Waals surface area contributed by atoms with Gasteiger partial charge >= 0.3 is 6.18 Å². The topological polar surface area (TPSA) is 69.6 Å². The van der Waals surface area contributed by atoms with Crippen LogP contribution in [0, 0.1) is 0 Å². The molecule has 1 aromatic carbocycles. The number of hydrogen-bond donors (Lipinski definition) is 2. The van der Waals surface area contributed by atoms with E-state index in [1.54, 1.807) is 6.07 Å². The summed E-state index contributed by atoms with van der Waals surface area (Å²) in [6.07, 6.45) is -4.04. The normalized spacial score (nSPS) is 15.1. The summed E-state index contributed by atoms with van der Waals surface area (Å²) in [5.41, 5.74) is 1.55. The van der Waals surface area contributed by atoms with Crippen LogP contribution < -0.4 is 5.32 Å². The zero-order chi connectivity index (χ0) is 15.7. The maximum atomic E-state index is 12.5. The van der Waals surface area contributed by atoms with Gasteiger partial charge in [-0.25, -0.2) is 8.42 Å². The zero-order valence-electron chi connectivity index (χ0n) is 11.0. The Kier molecular flexibility index (Phi) is 4.45. The van der Waals surface area contributed by atoms with E-state index in [1.165, 1.54) is 12.1 Å². The van der Waals surface area contributed by atoms with Gasteiger partial charge in [0.05, 0.1) is 11.5 Å². The molecule has 2 N–H and O–H groups in total. The molecule has 9 heteroatoms. The van der Waals surface area contributed by atoms with Crippen molar-refractivity contribution < 1.29 is 26.7 Å². The number of fused-ring (bicyclic) bond motifs is 1. The number of aliphatic hydroxyl groups is 1. The summed E-state index contributed by atoms with van der Waals surface area (Å²) in [5.74, 6) is 0.